The maximum absolute atomic E-state index is 12.6. The molecular weight excluding hydrogens is 285 g/mol. The first-order valence-electron chi connectivity index (χ1n) is 6.26. The van der Waals surface area contributed by atoms with E-state index >= 15 is 0 Å². The minimum Gasteiger partial charge on any atom is -0.465 e. The van der Waals surface area contributed by atoms with Crippen LogP contribution in [0.25, 0.3) is 0 Å². The number of allylic oxidation sites excluding steroid dienone is 1. The molecule has 1 fully saturated rings. The fourth-order valence-corrected chi connectivity index (χ4v) is 2.07. The predicted octanol–water partition coefficient (Wildman–Crippen LogP) is 4.05. The molecule has 1 N–H and O–H groups in total. The summed E-state index contributed by atoms with van der Waals surface area (Å²) in [4.78, 5) is 12.0. The Hall–Kier alpha value is -1.34. The number of carboxylic acid groups (broad SMARTS) is 1. The second kappa shape index (κ2) is 6.41. The van der Waals surface area contributed by atoms with Gasteiger partial charge in [-0.1, -0.05) is 12.2 Å². The number of unbranched alkanes of at least 4 members (excludes halogenated alkanes) is 1. The Bertz CT molecular complexity index is 367. The lowest BCUT2D eigenvalue weighted by atomic mass is 10.1. The molecule has 20 heavy (non-hydrogen) atoms. The van der Waals surface area contributed by atoms with Crippen molar-refractivity contribution in [2.24, 2.45) is 0 Å². The average molecular weight is 301 g/mol. The highest BCUT2D eigenvalue weighted by Gasteiger charge is 2.56. The third-order valence-electron chi connectivity index (χ3n) is 3.18. The summed E-state index contributed by atoms with van der Waals surface area (Å²) >= 11 is 0. The molecule has 0 spiro atoms. The number of hydrogen-bond donors (Lipinski definition) is 1. The largest absolute Gasteiger partial charge is 0.465 e. The Morgan fingerprint density at radius 3 is 2.50 bits per heavy atom. The van der Waals surface area contributed by atoms with Gasteiger partial charge in [-0.25, -0.2) is 4.79 Å². The van der Waals surface area contributed by atoms with Gasteiger partial charge in [0.25, 0.3) is 0 Å². The van der Waals surface area contributed by atoms with Crippen LogP contribution in [0, 0.1) is 0 Å². The molecule has 1 heterocycles. The summed E-state index contributed by atoms with van der Waals surface area (Å²) in [6.07, 6.45) is -3.67. The molecule has 1 aliphatic heterocycles. The molecule has 0 saturated carbocycles. The van der Waals surface area contributed by atoms with Crippen LogP contribution in [0.4, 0.5) is 26.7 Å². The molecule has 1 atom stereocenters. The second-order valence-corrected chi connectivity index (χ2v) is 4.71. The van der Waals surface area contributed by atoms with E-state index in [1.807, 2.05) is 0 Å². The van der Waals surface area contributed by atoms with Crippen LogP contribution >= 0.6 is 0 Å². The smallest absolute Gasteiger partial charge is 0.453 e. The summed E-state index contributed by atoms with van der Waals surface area (Å²) in [5.74, 6) is -4.67. The van der Waals surface area contributed by atoms with Crippen molar-refractivity contribution in [1.82, 2.24) is 4.90 Å². The molecule has 0 aliphatic carbocycles. The van der Waals surface area contributed by atoms with Crippen LogP contribution in [0.2, 0.25) is 0 Å². The van der Waals surface area contributed by atoms with E-state index < -0.39 is 24.6 Å². The van der Waals surface area contributed by atoms with Crippen LogP contribution in [0.3, 0.4) is 0 Å². The number of hydrogen-bond acceptors (Lipinski definition) is 1. The number of halogens is 5. The Balaban J connectivity index is 2.34. The topological polar surface area (TPSA) is 40.5 Å². The summed E-state index contributed by atoms with van der Waals surface area (Å²) in [6, 6.07) is -0.310. The van der Waals surface area contributed by atoms with E-state index in [4.69, 9.17) is 5.11 Å². The van der Waals surface area contributed by atoms with Crippen LogP contribution in [-0.2, 0) is 0 Å². The summed E-state index contributed by atoms with van der Waals surface area (Å²) < 4.78 is 60.8. The Kier molecular flexibility index (Phi) is 5.35. The summed E-state index contributed by atoms with van der Waals surface area (Å²) in [5.41, 5.74) is 0. The minimum atomic E-state index is -5.51. The number of alkyl halides is 5. The lowest BCUT2D eigenvalue weighted by Gasteiger charge is -2.19. The van der Waals surface area contributed by atoms with Gasteiger partial charge >= 0.3 is 18.2 Å². The van der Waals surface area contributed by atoms with E-state index in [0.29, 0.717) is 19.4 Å². The molecule has 3 nitrogen and oxygen atoms in total. The van der Waals surface area contributed by atoms with Gasteiger partial charge in [0.05, 0.1) is 6.04 Å². The summed E-state index contributed by atoms with van der Waals surface area (Å²) in [7, 11) is 0. The number of rotatable bonds is 5. The maximum atomic E-state index is 12.6. The lowest BCUT2D eigenvalue weighted by Crippen LogP contribution is -2.36. The van der Waals surface area contributed by atoms with Crippen LogP contribution in [0.1, 0.15) is 32.1 Å². The molecular formula is C12H16F5NO2. The number of nitrogens with zero attached hydrogens (tertiary/aromatic N) is 1. The highest BCUT2D eigenvalue weighted by molar-refractivity contribution is 5.66. The molecule has 1 saturated heterocycles. The molecule has 0 bridgehead atoms. The molecule has 1 rings (SSSR count). The van der Waals surface area contributed by atoms with E-state index in [-0.39, 0.29) is 18.9 Å². The first-order chi connectivity index (χ1) is 9.15. The third kappa shape index (κ3) is 4.35. The molecule has 0 aromatic carbocycles. The zero-order chi connectivity index (χ0) is 15.4. The van der Waals surface area contributed by atoms with Crippen molar-refractivity contribution < 1.29 is 31.9 Å². The molecule has 0 aromatic rings. The molecule has 116 valence electrons. The van der Waals surface area contributed by atoms with Gasteiger partial charge in [0, 0.05) is 13.0 Å². The fraction of sp³-hybridized carbons (Fsp3) is 0.750. The van der Waals surface area contributed by atoms with Crippen LogP contribution in [0.15, 0.2) is 12.2 Å². The van der Waals surface area contributed by atoms with E-state index in [2.05, 4.69) is 0 Å². The van der Waals surface area contributed by atoms with Gasteiger partial charge in [-0.15, -0.1) is 0 Å². The molecule has 8 heteroatoms. The molecule has 1 amide bonds. The van der Waals surface area contributed by atoms with Crippen LogP contribution < -0.4 is 0 Å². The minimum absolute atomic E-state index is 0.0651. The van der Waals surface area contributed by atoms with Crippen molar-refractivity contribution in [3.8, 4) is 0 Å². The second-order valence-electron chi connectivity index (χ2n) is 4.71. The highest BCUT2D eigenvalue weighted by Crippen LogP contribution is 2.39. The van der Waals surface area contributed by atoms with Crippen LogP contribution in [0.5, 0.6) is 0 Å². The van der Waals surface area contributed by atoms with Gasteiger partial charge in [-0.2, -0.15) is 22.0 Å². The third-order valence-corrected chi connectivity index (χ3v) is 3.18. The predicted molar refractivity (Wildman–Crippen MR) is 61.7 cm³/mol. The van der Waals surface area contributed by atoms with Crippen molar-refractivity contribution in [1.29, 1.82) is 0 Å². The normalized spacial score (nSPS) is 20.9. The Morgan fingerprint density at radius 2 is 1.95 bits per heavy atom. The summed E-state index contributed by atoms with van der Waals surface area (Å²) in [5, 5.41) is 8.85. The average Bonchev–Trinajstić information content (AvgIpc) is 2.75. The van der Waals surface area contributed by atoms with Gasteiger partial charge in [-0.3, -0.25) is 0 Å². The van der Waals surface area contributed by atoms with Gasteiger partial charge < -0.3 is 10.0 Å². The van der Waals surface area contributed by atoms with E-state index in [9.17, 15) is 26.7 Å². The monoisotopic (exact) mass is 301 g/mol. The summed E-state index contributed by atoms with van der Waals surface area (Å²) in [6.45, 7) is 0.413. The Morgan fingerprint density at radius 1 is 1.30 bits per heavy atom. The molecule has 1 unspecified atom stereocenters. The van der Waals surface area contributed by atoms with Gasteiger partial charge in [-0.05, 0) is 25.7 Å². The van der Waals surface area contributed by atoms with Gasteiger partial charge in [0.2, 0.25) is 0 Å². The zero-order valence-corrected chi connectivity index (χ0v) is 10.7. The maximum Gasteiger partial charge on any atom is 0.453 e. The standard InChI is InChI=1S/C12H16F5NO2/c13-11(14,12(15,16)17)7-3-1-2-5-9-6-4-8-18(9)10(19)20/h2,5,9H,1,3-4,6-8H2,(H,19,20). The van der Waals surface area contributed by atoms with Crippen molar-refractivity contribution in [2.75, 3.05) is 6.54 Å². The van der Waals surface area contributed by atoms with Crippen molar-refractivity contribution in [2.45, 2.75) is 50.2 Å². The van der Waals surface area contributed by atoms with Crippen molar-refractivity contribution in [3.63, 3.8) is 0 Å². The van der Waals surface area contributed by atoms with E-state index in [0.717, 1.165) is 0 Å². The molecule has 1 aliphatic rings. The number of amides is 1. The SMILES string of the molecule is O=C(O)N1CCCC1C=CCCCC(F)(F)C(F)(F)F. The van der Waals surface area contributed by atoms with E-state index in [1.54, 1.807) is 6.08 Å². The Labute approximate surface area is 113 Å². The van der Waals surface area contributed by atoms with Crippen LogP contribution in [-0.4, -0.2) is 40.8 Å². The quantitative estimate of drug-likeness (QED) is 0.473. The van der Waals surface area contributed by atoms with Gasteiger partial charge in [0.15, 0.2) is 0 Å². The van der Waals surface area contributed by atoms with E-state index in [1.165, 1.54) is 11.0 Å². The number of likely N-dealkylation sites (tertiary alicyclic amines) is 1. The first-order valence-corrected chi connectivity index (χ1v) is 6.26. The zero-order valence-electron chi connectivity index (χ0n) is 10.7. The fourth-order valence-electron chi connectivity index (χ4n) is 2.07. The van der Waals surface area contributed by atoms with Crippen molar-refractivity contribution >= 4 is 6.09 Å². The number of carbonyl (C=O) groups is 1. The lowest BCUT2D eigenvalue weighted by molar-refractivity contribution is -0.284. The first kappa shape index (κ1) is 16.7. The van der Waals surface area contributed by atoms with Crippen molar-refractivity contribution in [3.05, 3.63) is 12.2 Å². The highest BCUT2D eigenvalue weighted by atomic mass is 19.4. The molecule has 0 aromatic heterocycles. The molecule has 0 radical (unpaired) electrons. The van der Waals surface area contributed by atoms with Gasteiger partial charge in [0.1, 0.15) is 0 Å².